The molecule has 5 aromatic rings. The molecule has 4 nitrogen and oxygen atoms in total. The second-order valence-corrected chi connectivity index (χ2v) is 11.0. The summed E-state index contributed by atoms with van der Waals surface area (Å²) in [6.07, 6.45) is 1.65. The van der Waals surface area contributed by atoms with Crippen LogP contribution in [-0.4, -0.2) is 6.21 Å². The van der Waals surface area contributed by atoms with Crippen molar-refractivity contribution < 1.29 is 9.15 Å². The third-order valence-electron chi connectivity index (χ3n) is 5.84. The molecule has 0 amide bonds. The van der Waals surface area contributed by atoms with Crippen molar-refractivity contribution in [2.45, 2.75) is 6.61 Å². The number of aliphatic imine (C=N–C) groups is 1. The first kappa shape index (κ1) is 27.2. The highest BCUT2D eigenvalue weighted by Gasteiger charge is 2.22. The van der Waals surface area contributed by atoms with E-state index in [2.05, 4.69) is 42.9 Å². The first-order valence-corrected chi connectivity index (χ1v) is 14.1. The second kappa shape index (κ2) is 12.2. The molecule has 0 bridgehead atoms. The molecule has 0 aliphatic rings. The van der Waals surface area contributed by atoms with Gasteiger partial charge in [-0.3, -0.25) is 0 Å². The number of nitrogens with zero attached hydrogens (tertiary/aromatic N) is 2. The standard InChI is InChI=1S/C31H18Br2Cl2N2O2/c32-25-13-19(14-26(33)30(25)38-18-22-11-12-23(34)15-27(22)35)17-37-31-24(16-36)28(20-7-3-1-4-8-20)29(39-31)21-9-5-2-6-10-21/h1-15,17H,18H2. The van der Waals surface area contributed by atoms with Crippen molar-refractivity contribution in [3.8, 4) is 34.3 Å². The van der Waals surface area contributed by atoms with E-state index in [9.17, 15) is 5.26 Å². The molecule has 1 aromatic heterocycles. The van der Waals surface area contributed by atoms with Crippen LogP contribution in [0.3, 0.4) is 0 Å². The van der Waals surface area contributed by atoms with E-state index in [4.69, 9.17) is 32.4 Å². The maximum Gasteiger partial charge on any atom is 0.238 e. The molecule has 4 aromatic carbocycles. The topological polar surface area (TPSA) is 58.5 Å². The smallest absolute Gasteiger partial charge is 0.238 e. The molecule has 0 saturated heterocycles. The van der Waals surface area contributed by atoms with Gasteiger partial charge in [0.15, 0.2) is 0 Å². The van der Waals surface area contributed by atoms with Gasteiger partial charge in [-0.05, 0) is 67.3 Å². The van der Waals surface area contributed by atoms with E-state index in [1.54, 1.807) is 18.3 Å². The predicted octanol–water partition coefficient (Wildman–Crippen LogP) is 10.6. The molecule has 0 fully saturated rings. The second-order valence-electron chi connectivity index (χ2n) is 8.43. The number of ether oxygens (including phenoxy) is 1. The lowest BCUT2D eigenvalue weighted by Gasteiger charge is -2.12. The largest absolute Gasteiger partial charge is 0.486 e. The van der Waals surface area contributed by atoms with Crippen molar-refractivity contribution in [2.24, 2.45) is 4.99 Å². The highest BCUT2D eigenvalue weighted by atomic mass is 79.9. The molecular formula is C31H18Br2Cl2N2O2. The monoisotopic (exact) mass is 678 g/mol. The lowest BCUT2D eigenvalue weighted by molar-refractivity contribution is 0.302. The van der Waals surface area contributed by atoms with Crippen LogP contribution in [-0.2, 0) is 6.61 Å². The van der Waals surface area contributed by atoms with Gasteiger partial charge in [-0.2, -0.15) is 5.26 Å². The Morgan fingerprint density at radius 1 is 0.872 bits per heavy atom. The van der Waals surface area contributed by atoms with Crippen LogP contribution in [0.5, 0.6) is 5.75 Å². The summed E-state index contributed by atoms with van der Waals surface area (Å²) in [6.45, 7) is 0.267. The zero-order valence-corrected chi connectivity index (χ0v) is 24.9. The van der Waals surface area contributed by atoms with Crippen molar-refractivity contribution in [3.63, 3.8) is 0 Å². The fourth-order valence-corrected chi connectivity index (χ4v) is 5.91. The number of halogens is 4. The van der Waals surface area contributed by atoms with E-state index in [1.807, 2.05) is 78.9 Å². The molecule has 1 heterocycles. The van der Waals surface area contributed by atoms with Crippen LogP contribution in [0.15, 0.2) is 109 Å². The average Bonchev–Trinajstić information content (AvgIpc) is 3.32. The third kappa shape index (κ3) is 6.13. The first-order chi connectivity index (χ1) is 18.9. The summed E-state index contributed by atoms with van der Waals surface area (Å²) in [5, 5.41) is 11.2. The molecule has 0 aliphatic carbocycles. The Balaban J connectivity index is 1.47. The van der Waals surface area contributed by atoms with Crippen molar-refractivity contribution >= 4 is 67.2 Å². The molecule has 0 saturated carbocycles. The molecule has 0 N–H and O–H groups in total. The normalized spacial score (nSPS) is 11.1. The van der Waals surface area contributed by atoms with Crippen LogP contribution in [0, 0.1) is 11.3 Å². The first-order valence-electron chi connectivity index (χ1n) is 11.7. The lowest BCUT2D eigenvalue weighted by Crippen LogP contribution is -1.98. The fourth-order valence-electron chi connectivity index (χ4n) is 4.00. The molecule has 0 aliphatic heterocycles. The summed E-state index contributed by atoms with van der Waals surface area (Å²) in [5.41, 5.74) is 4.41. The maximum absolute atomic E-state index is 10.1. The third-order valence-corrected chi connectivity index (χ3v) is 7.60. The van der Waals surface area contributed by atoms with Gasteiger partial charge in [0.1, 0.15) is 29.7 Å². The highest BCUT2D eigenvalue weighted by molar-refractivity contribution is 9.11. The van der Waals surface area contributed by atoms with Gasteiger partial charge in [0, 0.05) is 33.0 Å². The van der Waals surface area contributed by atoms with Gasteiger partial charge >= 0.3 is 0 Å². The number of hydrogen-bond acceptors (Lipinski definition) is 4. The van der Waals surface area contributed by atoms with Crippen LogP contribution >= 0.6 is 55.1 Å². The Bertz CT molecular complexity index is 1690. The number of nitriles is 1. The Labute approximate surface area is 252 Å². The summed E-state index contributed by atoms with van der Waals surface area (Å²) in [7, 11) is 0. The van der Waals surface area contributed by atoms with Gasteiger partial charge < -0.3 is 9.15 Å². The minimum Gasteiger partial charge on any atom is -0.486 e. The maximum atomic E-state index is 10.1. The van der Waals surface area contributed by atoms with Gasteiger partial charge in [-0.1, -0.05) is 89.9 Å². The van der Waals surface area contributed by atoms with Gasteiger partial charge in [-0.25, -0.2) is 4.99 Å². The summed E-state index contributed by atoms with van der Waals surface area (Å²) >= 11 is 19.4. The molecule has 0 atom stereocenters. The molecule has 39 heavy (non-hydrogen) atoms. The Morgan fingerprint density at radius 2 is 1.51 bits per heavy atom. The van der Waals surface area contributed by atoms with Gasteiger partial charge in [0.25, 0.3) is 0 Å². The van der Waals surface area contributed by atoms with E-state index in [0.29, 0.717) is 32.7 Å². The molecule has 8 heteroatoms. The molecule has 0 radical (unpaired) electrons. The van der Waals surface area contributed by atoms with E-state index < -0.39 is 0 Å². The number of benzene rings is 4. The SMILES string of the molecule is N#Cc1c(N=Cc2cc(Br)c(OCc3ccc(Cl)cc3Cl)c(Br)c2)oc(-c2ccccc2)c1-c1ccccc1. The summed E-state index contributed by atoms with van der Waals surface area (Å²) in [5.74, 6) is 1.45. The molecule has 0 spiro atoms. The van der Waals surface area contributed by atoms with E-state index in [0.717, 1.165) is 31.2 Å². The number of furan rings is 1. The molecule has 5 rings (SSSR count). The van der Waals surface area contributed by atoms with E-state index in [-0.39, 0.29) is 12.5 Å². The zero-order valence-electron chi connectivity index (χ0n) is 20.2. The van der Waals surface area contributed by atoms with Crippen LogP contribution in [0.2, 0.25) is 10.0 Å². The van der Waals surface area contributed by atoms with Gasteiger partial charge in [-0.15, -0.1) is 0 Å². The minimum atomic E-state index is 0.236. The Kier molecular flexibility index (Phi) is 8.54. The minimum absolute atomic E-state index is 0.236. The van der Waals surface area contributed by atoms with Crippen LogP contribution in [0.4, 0.5) is 5.88 Å². The van der Waals surface area contributed by atoms with Crippen LogP contribution in [0.1, 0.15) is 16.7 Å². The number of rotatable bonds is 7. The predicted molar refractivity (Wildman–Crippen MR) is 164 cm³/mol. The zero-order chi connectivity index (χ0) is 27.4. The summed E-state index contributed by atoms with van der Waals surface area (Å²) in [4.78, 5) is 4.58. The molecule has 192 valence electrons. The summed E-state index contributed by atoms with van der Waals surface area (Å²) < 4.78 is 13.7. The highest BCUT2D eigenvalue weighted by Crippen LogP contribution is 2.42. The molecular weight excluding hydrogens is 663 g/mol. The van der Waals surface area contributed by atoms with Gasteiger partial charge in [0.05, 0.1) is 8.95 Å². The molecule has 0 unspecified atom stereocenters. The van der Waals surface area contributed by atoms with Crippen LogP contribution in [0.25, 0.3) is 22.5 Å². The fraction of sp³-hybridized carbons (Fsp3) is 0.0323. The lowest BCUT2D eigenvalue weighted by atomic mass is 9.98. The van der Waals surface area contributed by atoms with Crippen molar-refractivity contribution in [1.29, 1.82) is 5.26 Å². The Hall–Kier alpha value is -3.34. The van der Waals surface area contributed by atoms with Crippen molar-refractivity contribution in [1.82, 2.24) is 0 Å². The Morgan fingerprint density at radius 3 is 2.13 bits per heavy atom. The van der Waals surface area contributed by atoms with Crippen LogP contribution < -0.4 is 4.74 Å². The average molecular weight is 681 g/mol. The van der Waals surface area contributed by atoms with Crippen molar-refractivity contribution in [2.75, 3.05) is 0 Å². The summed E-state index contributed by atoms with van der Waals surface area (Å²) in [6, 6.07) is 30.7. The van der Waals surface area contributed by atoms with E-state index >= 15 is 0 Å². The number of hydrogen-bond donors (Lipinski definition) is 0. The van der Waals surface area contributed by atoms with Gasteiger partial charge in [0.2, 0.25) is 5.88 Å². The van der Waals surface area contributed by atoms with E-state index in [1.165, 1.54) is 0 Å². The quantitative estimate of drug-likeness (QED) is 0.161. The van der Waals surface area contributed by atoms with Crippen molar-refractivity contribution in [3.05, 3.63) is 127 Å².